The molecule has 96 valence electrons. The minimum Gasteiger partial charge on any atom is -0.327 e. The van der Waals surface area contributed by atoms with Gasteiger partial charge in [0.2, 0.25) is 0 Å². The number of nitrogens with zero attached hydrogens (tertiary/aromatic N) is 2. The van der Waals surface area contributed by atoms with Crippen LogP contribution in [0.3, 0.4) is 0 Å². The average Bonchev–Trinajstić information content (AvgIpc) is 2.70. The van der Waals surface area contributed by atoms with Gasteiger partial charge in [-0.05, 0) is 55.7 Å². The van der Waals surface area contributed by atoms with Gasteiger partial charge in [0, 0.05) is 12.6 Å². The molecule has 0 bridgehead atoms. The molecule has 0 aliphatic rings. The van der Waals surface area contributed by atoms with E-state index >= 15 is 0 Å². The molecule has 0 amide bonds. The van der Waals surface area contributed by atoms with E-state index in [9.17, 15) is 0 Å². The zero-order valence-electron chi connectivity index (χ0n) is 11.9. The average molecular weight is 250 g/mol. The highest BCUT2D eigenvalue weighted by molar-refractivity contribution is 5.81. The molecule has 2 aromatic carbocycles. The fourth-order valence-electron chi connectivity index (χ4n) is 2.44. The van der Waals surface area contributed by atoms with Gasteiger partial charge in [0.1, 0.15) is 5.82 Å². The third-order valence-corrected chi connectivity index (χ3v) is 3.80. The summed E-state index contributed by atoms with van der Waals surface area (Å²) in [5.74, 6) is 1.03. The quantitative estimate of drug-likeness (QED) is 0.634. The molecular formula is C17H18N2. The van der Waals surface area contributed by atoms with Crippen molar-refractivity contribution in [2.24, 2.45) is 7.05 Å². The second-order valence-corrected chi connectivity index (χ2v) is 5.29. The van der Waals surface area contributed by atoms with E-state index in [0.717, 1.165) is 11.3 Å². The molecule has 3 aromatic rings. The molecule has 0 atom stereocenters. The van der Waals surface area contributed by atoms with E-state index in [4.69, 9.17) is 4.98 Å². The van der Waals surface area contributed by atoms with Crippen molar-refractivity contribution in [3.8, 4) is 11.4 Å². The minimum atomic E-state index is 1.03. The lowest BCUT2D eigenvalue weighted by Crippen LogP contribution is -1.93. The van der Waals surface area contributed by atoms with Gasteiger partial charge in [0.15, 0.2) is 0 Å². The molecule has 0 saturated carbocycles. The smallest absolute Gasteiger partial charge is 0.140 e. The largest absolute Gasteiger partial charge is 0.327 e. The number of rotatable bonds is 1. The maximum absolute atomic E-state index is 4.76. The highest BCUT2D eigenvalue weighted by Gasteiger charge is 2.10. The van der Waals surface area contributed by atoms with Gasteiger partial charge in [-0.1, -0.05) is 18.2 Å². The Balaban J connectivity index is 2.24. The van der Waals surface area contributed by atoms with Crippen LogP contribution < -0.4 is 0 Å². The molecule has 0 aliphatic heterocycles. The van der Waals surface area contributed by atoms with E-state index < -0.39 is 0 Å². The molecule has 0 fully saturated rings. The van der Waals surface area contributed by atoms with Crippen LogP contribution in [-0.4, -0.2) is 9.55 Å². The summed E-state index contributed by atoms with van der Waals surface area (Å²) >= 11 is 0. The Labute approximate surface area is 113 Å². The zero-order valence-corrected chi connectivity index (χ0v) is 11.9. The van der Waals surface area contributed by atoms with Gasteiger partial charge in [-0.15, -0.1) is 0 Å². The Morgan fingerprint density at radius 3 is 2.42 bits per heavy atom. The molecule has 2 heteroatoms. The van der Waals surface area contributed by atoms with E-state index in [0.29, 0.717) is 0 Å². The highest BCUT2D eigenvalue weighted by Crippen LogP contribution is 2.25. The lowest BCUT2D eigenvalue weighted by atomic mass is 10.1. The van der Waals surface area contributed by atoms with E-state index in [-0.39, 0.29) is 0 Å². The second kappa shape index (κ2) is 4.23. The standard InChI is InChI=1S/C17H18N2/c1-11-5-8-15-16(9-11)19(4)17(18-15)14-7-6-12(2)13(3)10-14/h5-10H,1-4H3. The van der Waals surface area contributed by atoms with Crippen LogP contribution in [0.5, 0.6) is 0 Å². The first-order valence-electron chi connectivity index (χ1n) is 6.57. The Kier molecular flexibility index (Phi) is 2.67. The van der Waals surface area contributed by atoms with Gasteiger partial charge in [0.25, 0.3) is 0 Å². The van der Waals surface area contributed by atoms with Crippen molar-refractivity contribution in [2.75, 3.05) is 0 Å². The Bertz CT molecular complexity index is 766. The topological polar surface area (TPSA) is 17.8 Å². The first-order chi connectivity index (χ1) is 9.06. The van der Waals surface area contributed by atoms with Crippen LogP contribution >= 0.6 is 0 Å². The summed E-state index contributed by atoms with van der Waals surface area (Å²) in [5, 5.41) is 0. The van der Waals surface area contributed by atoms with Crippen LogP contribution in [-0.2, 0) is 7.05 Å². The summed E-state index contributed by atoms with van der Waals surface area (Å²) in [5.41, 5.74) is 7.32. The first kappa shape index (κ1) is 12.0. The van der Waals surface area contributed by atoms with Crippen molar-refractivity contribution in [2.45, 2.75) is 20.8 Å². The molecule has 0 N–H and O–H groups in total. The normalized spacial score (nSPS) is 11.2. The number of imidazole rings is 1. The molecular weight excluding hydrogens is 232 g/mol. The third kappa shape index (κ3) is 1.93. The number of hydrogen-bond donors (Lipinski definition) is 0. The van der Waals surface area contributed by atoms with Gasteiger partial charge in [-0.2, -0.15) is 0 Å². The van der Waals surface area contributed by atoms with Crippen molar-refractivity contribution in [1.29, 1.82) is 0 Å². The number of aromatic nitrogens is 2. The maximum Gasteiger partial charge on any atom is 0.140 e. The second-order valence-electron chi connectivity index (χ2n) is 5.29. The predicted octanol–water partition coefficient (Wildman–Crippen LogP) is 4.17. The van der Waals surface area contributed by atoms with E-state index in [1.807, 2.05) is 0 Å². The summed E-state index contributed by atoms with van der Waals surface area (Å²) in [7, 11) is 2.08. The predicted molar refractivity (Wildman–Crippen MR) is 80.4 cm³/mol. The lowest BCUT2D eigenvalue weighted by Gasteiger charge is -2.05. The summed E-state index contributed by atoms with van der Waals surface area (Å²) < 4.78 is 2.17. The monoisotopic (exact) mass is 250 g/mol. The molecule has 0 unspecified atom stereocenters. The SMILES string of the molecule is Cc1ccc2nc(-c3ccc(C)c(C)c3)n(C)c2c1. The zero-order chi connectivity index (χ0) is 13.6. The molecule has 3 rings (SSSR count). The number of aryl methyl sites for hydroxylation is 4. The van der Waals surface area contributed by atoms with Crippen molar-refractivity contribution < 1.29 is 0 Å². The summed E-state index contributed by atoms with van der Waals surface area (Å²) in [6.07, 6.45) is 0. The van der Waals surface area contributed by atoms with Crippen LogP contribution in [0.4, 0.5) is 0 Å². The van der Waals surface area contributed by atoms with Gasteiger partial charge >= 0.3 is 0 Å². The fraction of sp³-hybridized carbons (Fsp3) is 0.235. The molecule has 19 heavy (non-hydrogen) atoms. The van der Waals surface area contributed by atoms with Crippen LogP contribution in [0.1, 0.15) is 16.7 Å². The summed E-state index contributed by atoms with van der Waals surface area (Å²) in [4.78, 5) is 4.76. The molecule has 0 saturated heterocycles. The molecule has 2 nitrogen and oxygen atoms in total. The van der Waals surface area contributed by atoms with E-state index in [1.54, 1.807) is 0 Å². The highest BCUT2D eigenvalue weighted by atomic mass is 15.1. The number of benzene rings is 2. The molecule has 0 radical (unpaired) electrons. The molecule has 0 spiro atoms. The minimum absolute atomic E-state index is 1.03. The number of fused-ring (bicyclic) bond motifs is 1. The van der Waals surface area contributed by atoms with Gasteiger partial charge in [-0.3, -0.25) is 0 Å². The van der Waals surface area contributed by atoms with Crippen LogP contribution in [0.15, 0.2) is 36.4 Å². The van der Waals surface area contributed by atoms with Crippen molar-refractivity contribution >= 4 is 11.0 Å². The van der Waals surface area contributed by atoms with E-state index in [2.05, 4.69) is 68.8 Å². The van der Waals surface area contributed by atoms with Crippen LogP contribution in [0.2, 0.25) is 0 Å². The summed E-state index contributed by atoms with van der Waals surface area (Å²) in [6.45, 7) is 6.39. The van der Waals surface area contributed by atoms with E-state index in [1.165, 1.54) is 27.8 Å². The maximum atomic E-state index is 4.76. The van der Waals surface area contributed by atoms with Crippen molar-refractivity contribution in [3.05, 3.63) is 53.1 Å². The Morgan fingerprint density at radius 2 is 1.68 bits per heavy atom. The van der Waals surface area contributed by atoms with Crippen LogP contribution in [0, 0.1) is 20.8 Å². The molecule has 1 heterocycles. The summed E-state index contributed by atoms with van der Waals surface area (Å²) in [6, 6.07) is 12.9. The first-order valence-corrected chi connectivity index (χ1v) is 6.57. The number of hydrogen-bond acceptors (Lipinski definition) is 1. The molecule has 1 aromatic heterocycles. The van der Waals surface area contributed by atoms with Crippen molar-refractivity contribution in [1.82, 2.24) is 9.55 Å². The fourth-order valence-corrected chi connectivity index (χ4v) is 2.44. The Hall–Kier alpha value is -2.09. The van der Waals surface area contributed by atoms with Crippen LogP contribution in [0.25, 0.3) is 22.4 Å². The van der Waals surface area contributed by atoms with Gasteiger partial charge in [-0.25, -0.2) is 4.98 Å². The van der Waals surface area contributed by atoms with Gasteiger partial charge < -0.3 is 4.57 Å². The molecule has 0 aliphatic carbocycles. The van der Waals surface area contributed by atoms with Crippen molar-refractivity contribution in [3.63, 3.8) is 0 Å². The Morgan fingerprint density at radius 1 is 0.895 bits per heavy atom. The lowest BCUT2D eigenvalue weighted by molar-refractivity contribution is 0.958. The third-order valence-electron chi connectivity index (χ3n) is 3.80. The van der Waals surface area contributed by atoms with Gasteiger partial charge in [0.05, 0.1) is 11.0 Å².